The number of likely N-dealkylation sites (tertiary alicyclic amines) is 1. The van der Waals surface area contributed by atoms with Gasteiger partial charge in [-0.25, -0.2) is 4.79 Å². The largest absolute Gasteiger partial charge is 0.463 e. The van der Waals surface area contributed by atoms with Gasteiger partial charge in [0.05, 0.1) is 25.2 Å². The van der Waals surface area contributed by atoms with E-state index in [1.54, 1.807) is 47.7 Å². The Morgan fingerprint density at radius 1 is 1.17 bits per heavy atom. The summed E-state index contributed by atoms with van der Waals surface area (Å²) in [6.07, 6.45) is -1.20. The smallest absolute Gasteiger partial charge is 0.401 e. The first-order valence-corrected chi connectivity index (χ1v) is 12.2. The third-order valence-corrected chi connectivity index (χ3v) is 6.19. The van der Waals surface area contributed by atoms with E-state index in [1.807, 2.05) is 13.8 Å². The summed E-state index contributed by atoms with van der Waals surface area (Å²) in [7, 11) is 1.60. The average Bonchev–Trinajstić information content (AvgIpc) is 2.72. The van der Waals surface area contributed by atoms with Crippen LogP contribution < -0.4 is 5.32 Å². The molecule has 0 aromatic heterocycles. The summed E-state index contributed by atoms with van der Waals surface area (Å²) >= 11 is 0. The zero-order valence-electron chi connectivity index (χ0n) is 22.3. The minimum Gasteiger partial charge on any atom is -0.463 e. The zero-order chi connectivity index (χ0) is 27.1. The molecule has 1 saturated heterocycles. The summed E-state index contributed by atoms with van der Waals surface area (Å²) in [6, 6.07) is -2.36. The van der Waals surface area contributed by atoms with Crippen LogP contribution in [0, 0.1) is 11.3 Å². The lowest BCUT2D eigenvalue weighted by atomic mass is 9.84. The second kappa shape index (κ2) is 12.7. The molecule has 1 aliphatic rings. The number of alkyl halides is 3. The number of nitrogens with one attached hydrogen (secondary N) is 1. The third-order valence-electron chi connectivity index (χ3n) is 6.19. The van der Waals surface area contributed by atoms with E-state index in [1.165, 1.54) is 4.90 Å². The number of hydrogen-bond donors (Lipinski definition) is 1. The van der Waals surface area contributed by atoms with Gasteiger partial charge in [-0.15, -0.1) is 0 Å². The number of carbonyl (C=O) groups is 3. The third kappa shape index (κ3) is 9.46. The van der Waals surface area contributed by atoms with Gasteiger partial charge in [0.2, 0.25) is 11.8 Å². The van der Waals surface area contributed by atoms with Crippen molar-refractivity contribution in [2.75, 3.05) is 26.7 Å². The van der Waals surface area contributed by atoms with Crippen LogP contribution in [-0.4, -0.2) is 78.6 Å². The van der Waals surface area contributed by atoms with Crippen molar-refractivity contribution in [3.63, 3.8) is 0 Å². The Hall–Kier alpha value is -2.10. The number of ether oxygens (including phenoxy) is 1. The Labute approximate surface area is 207 Å². The molecule has 1 heterocycles. The second-order valence-corrected chi connectivity index (χ2v) is 10.7. The van der Waals surface area contributed by atoms with Gasteiger partial charge in [0, 0.05) is 12.6 Å². The molecule has 0 aliphatic carbocycles. The topological polar surface area (TPSA) is 79.0 Å². The molecule has 1 fully saturated rings. The highest BCUT2D eigenvalue weighted by Gasteiger charge is 2.41. The van der Waals surface area contributed by atoms with Gasteiger partial charge in [0.25, 0.3) is 0 Å². The van der Waals surface area contributed by atoms with Gasteiger partial charge < -0.3 is 15.0 Å². The quantitative estimate of drug-likeness (QED) is 0.380. The molecule has 2 amide bonds. The summed E-state index contributed by atoms with van der Waals surface area (Å²) in [5.74, 6) is -1.47. The molecule has 35 heavy (non-hydrogen) atoms. The highest BCUT2D eigenvalue weighted by Crippen LogP contribution is 2.27. The van der Waals surface area contributed by atoms with E-state index < -0.39 is 48.1 Å². The minimum absolute atomic E-state index is 0.0507. The van der Waals surface area contributed by atoms with E-state index in [0.29, 0.717) is 24.8 Å². The monoisotopic (exact) mass is 505 g/mol. The van der Waals surface area contributed by atoms with Crippen LogP contribution >= 0.6 is 0 Å². The summed E-state index contributed by atoms with van der Waals surface area (Å²) in [5.41, 5.74) is -0.335. The normalized spacial score (nSPS) is 19.8. The molecule has 0 radical (unpaired) electrons. The van der Waals surface area contributed by atoms with E-state index in [-0.39, 0.29) is 25.0 Å². The van der Waals surface area contributed by atoms with Crippen molar-refractivity contribution in [3.05, 3.63) is 11.6 Å². The van der Waals surface area contributed by atoms with Crippen LogP contribution in [0.25, 0.3) is 0 Å². The van der Waals surface area contributed by atoms with E-state index in [4.69, 9.17) is 4.74 Å². The standard InChI is InChI=1S/C25H42F3N3O4/c1-9-35-23(34)17(4)14-19(16(2)3)30(8)22(33)20(24(5,6)7)29-21(32)18-12-10-11-13-31(18)15-25(26,27)28/h14,16,18-20H,9-13,15H2,1-8H3,(H,29,32)/b17-14+/t18-,19-,20-/m1/s1. The summed E-state index contributed by atoms with van der Waals surface area (Å²) in [5, 5.41) is 2.76. The zero-order valence-corrected chi connectivity index (χ0v) is 22.3. The number of esters is 1. The second-order valence-electron chi connectivity index (χ2n) is 10.7. The number of carbonyl (C=O) groups excluding carboxylic acids is 3. The van der Waals surface area contributed by atoms with E-state index >= 15 is 0 Å². The maximum Gasteiger partial charge on any atom is 0.401 e. The van der Waals surface area contributed by atoms with Gasteiger partial charge >= 0.3 is 12.1 Å². The van der Waals surface area contributed by atoms with Crippen molar-refractivity contribution in [3.8, 4) is 0 Å². The molecular formula is C25H42F3N3O4. The molecule has 0 aromatic rings. The van der Waals surface area contributed by atoms with Crippen molar-refractivity contribution in [2.24, 2.45) is 11.3 Å². The molecule has 10 heteroatoms. The fourth-order valence-corrected chi connectivity index (χ4v) is 4.27. The number of piperidine rings is 1. The van der Waals surface area contributed by atoms with Gasteiger partial charge in [-0.3, -0.25) is 14.5 Å². The Morgan fingerprint density at radius 3 is 2.26 bits per heavy atom. The number of hydrogen-bond acceptors (Lipinski definition) is 5. The van der Waals surface area contributed by atoms with Crippen molar-refractivity contribution >= 4 is 17.8 Å². The van der Waals surface area contributed by atoms with Crippen molar-refractivity contribution < 1.29 is 32.3 Å². The Kier molecular flexibility index (Phi) is 11.3. The van der Waals surface area contributed by atoms with Gasteiger partial charge in [-0.1, -0.05) is 47.1 Å². The molecule has 202 valence electrons. The minimum atomic E-state index is -4.41. The average molecular weight is 506 g/mol. The number of nitrogens with zero attached hydrogens (tertiary/aromatic N) is 2. The lowest BCUT2D eigenvalue weighted by Gasteiger charge is -2.40. The van der Waals surface area contributed by atoms with Crippen LogP contribution in [0.4, 0.5) is 13.2 Å². The molecule has 0 saturated carbocycles. The molecule has 1 rings (SSSR count). The van der Waals surface area contributed by atoms with Gasteiger partial charge in [0.1, 0.15) is 6.04 Å². The molecule has 0 spiro atoms. The van der Waals surface area contributed by atoms with Crippen molar-refractivity contribution in [1.29, 1.82) is 0 Å². The molecule has 0 unspecified atom stereocenters. The lowest BCUT2D eigenvalue weighted by Crippen LogP contribution is -2.60. The van der Waals surface area contributed by atoms with Crippen LogP contribution in [0.3, 0.4) is 0 Å². The highest BCUT2D eigenvalue weighted by molar-refractivity contribution is 5.91. The van der Waals surface area contributed by atoms with Gasteiger partial charge in [0.15, 0.2) is 0 Å². The van der Waals surface area contributed by atoms with Crippen LogP contribution in [0.5, 0.6) is 0 Å². The van der Waals surface area contributed by atoms with Crippen LogP contribution in [0.1, 0.15) is 67.7 Å². The predicted octanol–water partition coefficient (Wildman–Crippen LogP) is 3.93. The molecule has 1 aliphatic heterocycles. The maximum absolute atomic E-state index is 13.6. The molecule has 7 nitrogen and oxygen atoms in total. The van der Waals surface area contributed by atoms with E-state index in [0.717, 1.165) is 4.90 Å². The number of likely N-dealkylation sites (N-methyl/N-ethyl adjacent to an activating group) is 1. The number of rotatable bonds is 9. The van der Waals surface area contributed by atoms with E-state index in [9.17, 15) is 27.6 Å². The fourth-order valence-electron chi connectivity index (χ4n) is 4.27. The van der Waals surface area contributed by atoms with Crippen LogP contribution in [0.15, 0.2) is 11.6 Å². The van der Waals surface area contributed by atoms with Gasteiger partial charge in [-0.05, 0) is 44.6 Å². The highest BCUT2D eigenvalue weighted by atomic mass is 19.4. The molecule has 0 aromatic carbocycles. The molecule has 3 atom stereocenters. The first kappa shape index (κ1) is 30.9. The predicted molar refractivity (Wildman–Crippen MR) is 128 cm³/mol. The van der Waals surface area contributed by atoms with Crippen molar-refractivity contribution in [2.45, 2.75) is 92.0 Å². The first-order chi connectivity index (χ1) is 16.0. The number of amides is 2. The fraction of sp³-hybridized carbons (Fsp3) is 0.800. The molecule has 0 bridgehead atoms. The molecular weight excluding hydrogens is 463 g/mol. The van der Waals surface area contributed by atoms with E-state index in [2.05, 4.69) is 5.32 Å². The maximum atomic E-state index is 13.6. The SMILES string of the molecule is CCOC(=O)/C(C)=C/[C@H](C(C)C)N(C)C(=O)[C@@H](NC(=O)[C@H]1CCCCN1CC(F)(F)F)C(C)(C)C. The number of halogens is 3. The summed E-state index contributed by atoms with van der Waals surface area (Å²) in [4.78, 5) is 41.5. The first-order valence-electron chi connectivity index (χ1n) is 12.2. The van der Waals surface area contributed by atoms with Crippen molar-refractivity contribution in [1.82, 2.24) is 15.1 Å². The van der Waals surface area contributed by atoms with Crippen LogP contribution in [0.2, 0.25) is 0 Å². The Bertz CT molecular complexity index is 775. The lowest BCUT2D eigenvalue weighted by molar-refractivity contribution is -0.159. The summed E-state index contributed by atoms with van der Waals surface area (Å²) in [6.45, 7) is 11.8. The Balaban J connectivity index is 3.17. The van der Waals surface area contributed by atoms with Gasteiger partial charge in [-0.2, -0.15) is 13.2 Å². The molecule has 1 N–H and O–H groups in total. The summed E-state index contributed by atoms with van der Waals surface area (Å²) < 4.78 is 44.2. The Morgan fingerprint density at radius 2 is 1.77 bits per heavy atom. The van der Waals surface area contributed by atoms with Crippen LogP contribution in [-0.2, 0) is 19.1 Å².